The van der Waals surface area contributed by atoms with E-state index in [1.807, 2.05) is 65.6 Å². The quantitative estimate of drug-likeness (QED) is 0.597. The molecular weight excluding hydrogens is 447 g/mol. The van der Waals surface area contributed by atoms with Crippen LogP contribution >= 0.6 is 0 Å². The number of nitrogens with zero attached hydrogens (tertiary/aromatic N) is 2. The van der Waals surface area contributed by atoms with Gasteiger partial charge in [0.1, 0.15) is 17.6 Å². The van der Waals surface area contributed by atoms with Crippen molar-refractivity contribution in [2.75, 3.05) is 24.6 Å². The molecule has 6 nitrogen and oxygen atoms in total. The number of anilines is 1. The number of aliphatic carboxylic acids is 1. The molecule has 0 aromatic heterocycles. The van der Waals surface area contributed by atoms with Crippen LogP contribution in [0.3, 0.4) is 0 Å². The van der Waals surface area contributed by atoms with Crippen LogP contribution in [0.15, 0.2) is 78.9 Å². The fourth-order valence-corrected chi connectivity index (χ4v) is 5.21. The van der Waals surface area contributed by atoms with E-state index in [-0.39, 0.29) is 30.7 Å². The number of hydrogen-bond acceptors (Lipinski definition) is 4. The Balaban J connectivity index is 1.49. The molecule has 0 radical (unpaired) electrons. The van der Waals surface area contributed by atoms with Crippen molar-refractivity contribution in [3.63, 3.8) is 0 Å². The number of benzene rings is 3. The van der Waals surface area contributed by atoms with Crippen LogP contribution in [0.25, 0.3) is 0 Å². The zero-order chi connectivity index (χ0) is 24.4. The Hall–Kier alpha value is -3.87. The maximum Gasteiger partial charge on any atom is 0.326 e. The van der Waals surface area contributed by atoms with Crippen LogP contribution < -0.4 is 9.64 Å². The summed E-state index contributed by atoms with van der Waals surface area (Å²) in [5.41, 5.74) is 2.23. The Morgan fingerprint density at radius 1 is 0.971 bits per heavy atom. The number of ether oxygens (including phenoxy) is 1. The van der Waals surface area contributed by atoms with Crippen LogP contribution in [-0.2, 0) is 9.59 Å². The average molecular weight is 475 g/mol. The molecule has 1 fully saturated rings. The van der Waals surface area contributed by atoms with Crippen molar-refractivity contribution in [2.45, 2.75) is 30.8 Å². The van der Waals surface area contributed by atoms with Gasteiger partial charge >= 0.3 is 5.97 Å². The van der Waals surface area contributed by atoms with E-state index in [0.29, 0.717) is 24.6 Å². The number of likely N-dealkylation sites (tertiary alicyclic amines) is 1. The smallest absolute Gasteiger partial charge is 0.326 e. The summed E-state index contributed by atoms with van der Waals surface area (Å²) in [6, 6.07) is 22.0. The van der Waals surface area contributed by atoms with Gasteiger partial charge in [0.15, 0.2) is 0 Å². The SMILES string of the molecule is O=C(O)[C@@H]1C[C@H](N2CCCOc3ccc(F)cc32)CN1C(=O)C(c1ccccc1)c1ccccc1. The Morgan fingerprint density at radius 3 is 2.26 bits per heavy atom. The number of rotatable bonds is 5. The zero-order valence-corrected chi connectivity index (χ0v) is 19.2. The number of hydrogen-bond donors (Lipinski definition) is 1. The van der Waals surface area contributed by atoms with E-state index in [0.717, 1.165) is 17.5 Å². The van der Waals surface area contributed by atoms with Crippen molar-refractivity contribution >= 4 is 17.6 Å². The molecular formula is C28H27FN2O4. The highest BCUT2D eigenvalue weighted by Crippen LogP contribution is 2.37. The third-order valence-corrected chi connectivity index (χ3v) is 6.83. The van der Waals surface area contributed by atoms with Crippen molar-refractivity contribution in [2.24, 2.45) is 0 Å². The molecule has 0 unspecified atom stereocenters. The van der Waals surface area contributed by atoms with E-state index in [1.54, 1.807) is 6.07 Å². The van der Waals surface area contributed by atoms with Crippen molar-refractivity contribution in [1.82, 2.24) is 4.90 Å². The second-order valence-corrected chi connectivity index (χ2v) is 9.00. The molecule has 0 bridgehead atoms. The number of carboxylic acids is 1. The lowest BCUT2D eigenvalue weighted by Crippen LogP contribution is -2.44. The lowest BCUT2D eigenvalue weighted by atomic mass is 9.90. The molecule has 0 aliphatic carbocycles. The molecule has 1 N–H and O–H groups in total. The summed E-state index contributed by atoms with van der Waals surface area (Å²) < 4.78 is 19.9. The molecule has 3 aromatic carbocycles. The molecule has 35 heavy (non-hydrogen) atoms. The fourth-order valence-electron chi connectivity index (χ4n) is 5.21. The van der Waals surface area contributed by atoms with Crippen molar-refractivity contribution in [3.8, 4) is 5.75 Å². The molecule has 2 atom stereocenters. The molecule has 2 aliphatic heterocycles. The fraction of sp³-hybridized carbons (Fsp3) is 0.286. The number of carboxylic acid groups (broad SMARTS) is 1. The van der Waals surface area contributed by atoms with Gasteiger partial charge in [-0.05, 0) is 29.7 Å². The van der Waals surface area contributed by atoms with Gasteiger partial charge in [0.05, 0.1) is 18.2 Å². The van der Waals surface area contributed by atoms with Crippen LogP contribution in [-0.4, -0.2) is 53.7 Å². The maximum absolute atomic E-state index is 14.1. The Morgan fingerprint density at radius 2 is 1.63 bits per heavy atom. The topological polar surface area (TPSA) is 70.1 Å². The molecule has 180 valence electrons. The monoisotopic (exact) mass is 474 g/mol. The number of carbonyl (C=O) groups is 2. The molecule has 2 heterocycles. The first-order valence-corrected chi connectivity index (χ1v) is 11.8. The predicted octanol–water partition coefficient (Wildman–Crippen LogP) is 4.30. The second-order valence-electron chi connectivity index (χ2n) is 9.00. The standard InChI is InChI=1S/C28H27FN2O4/c29-21-12-13-25-23(16-21)30(14-7-15-35-25)22-17-24(28(33)34)31(18-22)27(32)26(19-8-3-1-4-9-19)20-10-5-2-6-11-20/h1-6,8-13,16,22,24,26H,7,14-15,17-18H2,(H,33,34)/t22-,24-/m0/s1. The van der Waals surface area contributed by atoms with Gasteiger partial charge in [0.25, 0.3) is 0 Å². The zero-order valence-electron chi connectivity index (χ0n) is 19.2. The molecule has 1 amide bonds. The minimum absolute atomic E-state index is 0.238. The van der Waals surface area contributed by atoms with Crippen LogP contribution in [0.1, 0.15) is 29.9 Å². The summed E-state index contributed by atoms with van der Waals surface area (Å²) in [5, 5.41) is 10.1. The van der Waals surface area contributed by atoms with E-state index in [4.69, 9.17) is 4.74 Å². The summed E-state index contributed by atoms with van der Waals surface area (Å²) in [6.07, 6.45) is 0.975. The van der Waals surface area contributed by atoms with Crippen molar-refractivity contribution in [1.29, 1.82) is 0 Å². The normalized spacial score (nSPS) is 19.7. The molecule has 5 rings (SSSR count). The Bertz CT molecular complexity index is 1160. The Kier molecular flexibility index (Phi) is 6.40. The highest BCUT2D eigenvalue weighted by Gasteiger charge is 2.44. The van der Waals surface area contributed by atoms with Gasteiger partial charge in [0, 0.05) is 31.6 Å². The molecule has 7 heteroatoms. The molecule has 1 saturated heterocycles. The van der Waals surface area contributed by atoms with Crippen LogP contribution in [0.4, 0.5) is 10.1 Å². The summed E-state index contributed by atoms with van der Waals surface area (Å²) >= 11 is 0. The van der Waals surface area contributed by atoms with E-state index in [9.17, 15) is 19.1 Å². The lowest BCUT2D eigenvalue weighted by molar-refractivity contribution is -0.148. The number of halogens is 1. The highest BCUT2D eigenvalue weighted by molar-refractivity contribution is 5.91. The number of amides is 1. The maximum atomic E-state index is 14.1. The lowest BCUT2D eigenvalue weighted by Gasteiger charge is -2.31. The van der Waals surface area contributed by atoms with Gasteiger partial charge in [-0.3, -0.25) is 4.79 Å². The van der Waals surface area contributed by atoms with Crippen LogP contribution in [0.2, 0.25) is 0 Å². The molecule has 3 aromatic rings. The van der Waals surface area contributed by atoms with E-state index in [1.165, 1.54) is 17.0 Å². The van der Waals surface area contributed by atoms with E-state index < -0.39 is 17.9 Å². The first kappa shape index (κ1) is 22.9. The van der Waals surface area contributed by atoms with Crippen molar-refractivity contribution < 1.29 is 23.8 Å². The Labute approximate surface area is 203 Å². The number of carbonyl (C=O) groups excluding carboxylic acids is 1. The number of fused-ring (bicyclic) bond motifs is 1. The molecule has 0 saturated carbocycles. The summed E-state index contributed by atoms with van der Waals surface area (Å²) in [7, 11) is 0. The first-order valence-electron chi connectivity index (χ1n) is 11.8. The second kappa shape index (κ2) is 9.78. The average Bonchev–Trinajstić information content (AvgIpc) is 3.22. The molecule has 2 aliphatic rings. The van der Waals surface area contributed by atoms with Crippen molar-refractivity contribution in [3.05, 3.63) is 95.8 Å². The summed E-state index contributed by atoms with van der Waals surface area (Å²) in [6.45, 7) is 1.33. The van der Waals surface area contributed by atoms with Gasteiger partial charge in [-0.2, -0.15) is 0 Å². The first-order chi connectivity index (χ1) is 17.0. The van der Waals surface area contributed by atoms with Gasteiger partial charge in [0.2, 0.25) is 5.91 Å². The minimum atomic E-state index is -1.04. The van der Waals surface area contributed by atoms with E-state index in [2.05, 4.69) is 0 Å². The minimum Gasteiger partial charge on any atom is -0.491 e. The van der Waals surface area contributed by atoms with E-state index >= 15 is 0 Å². The third-order valence-electron chi connectivity index (χ3n) is 6.83. The summed E-state index contributed by atoms with van der Waals surface area (Å²) in [4.78, 5) is 29.8. The largest absolute Gasteiger partial charge is 0.491 e. The van der Waals surface area contributed by atoms with Gasteiger partial charge in [-0.25, -0.2) is 9.18 Å². The van der Waals surface area contributed by atoms with Crippen LogP contribution in [0, 0.1) is 5.82 Å². The summed E-state index contributed by atoms with van der Waals surface area (Å²) in [5.74, 6) is -1.70. The highest BCUT2D eigenvalue weighted by atomic mass is 19.1. The third kappa shape index (κ3) is 4.58. The predicted molar refractivity (Wildman–Crippen MR) is 130 cm³/mol. The van der Waals surface area contributed by atoms with Gasteiger partial charge < -0.3 is 19.6 Å². The van der Waals surface area contributed by atoms with Gasteiger partial charge in [-0.1, -0.05) is 60.7 Å². The van der Waals surface area contributed by atoms with Crippen LogP contribution in [0.5, 0.6) is 5.75 Å². The molecule has 0 spiro atoms. The van der Waals surface area contributed by atoms with Gasteiger partial charge in [-0.15, -0.1) is 0 Å².